The molecule has 7 heteroatoms. The molecule has 2 amide bonds. The molecular weight excluding hydrogens is 309 g/mol. The average molecular weight is 330 g/mol. The smallest absolute Gasteiger partial charge is 0.238 e. The Kier molecular flexibility index (Phi) is 7.27. The van der Waals surface area contributed by atoms with Gasteiger partial charge >= 0.3 is 0 Å². The van der Waals surface area contributed by atoms with Gasteiger partial charge in [-0.05, 0) is 38.6 Å². The number of hydrogen-bond donors (Lipinski definition) is 2. The number of carbonyl (C=O) groups excluding carboxylic acids is 2. The van der Waals surface area contributed by atoms with Crippen molar-refractivity contribution in [3.05, 3.63) is 29.0 Å². The van der Waals surface area contributed by atoms with Crippen molar-refractivity contribution in [2.24, 2.45) is 0 Å². The first-order valence-corrected chi connectivity index (χ1v) is 7.46. The fraction of sp³-hybridized carbons (Fsp3) is 0.467. The molecule has 0 saturated heterocycles. The van der Waals surface area contributed by atoms with Crippen molar-refractivity contribution in [2.75, 3.05) is 25.0 Å². The van der Waals surface area contributed by atoms with Gasteiger partial charge in [0.25, 0.3) is 0 Å². The van der Waals surface area contributed by atoms with E-state index in [0.29, 0.717) is 11.6 Å². The second-order valence-electron chi connectivity index (χ2n) is 5.20. The van der Waals surface area contributed by atoms with Crippen LogP contribution in [-0.4, -0.2) is 42.4 Å². The van der Waals surface area contributed by atoms with Gasteiger partial charge in [0, 0.05) is 11.1 Å². The van der Waals surface area contributed by atoms with Crippen molar-refractivity contribution in [2.45, 2.75) is 26.8 Å². The van der Waals surface area contributed by atoms with Gasteiger partial charge in [0.2, 0.25) is 11.8 Å². The molecule has 122 valence electrons. The number of benzene rings is 1. The van der Waals surface area contributed by atoms with Gasteiger partial charge in [-0.3, -0.25) is 14.5 Å². The molecule has 5 nitrogen and oxygen atoms in total. The fourth-order valence-electron chi connectivity index (χ4n) is 1.84. The van der Waals surface area contributed by atoms with Crippen molar-refractivity contribution in [1.29, 1.82) is 0 Å². The van der Waals surface area contributed by atoms with Crippen molar-refractivity contribution in [3.8, 4) is 0 Å². The zero-order valence-electron chi connectivity index (χ0n) is 13.0. The van der Waals surface area contributed by atoms with Crippen LogP contribution in [0.2, 0.25) is 5.02 Å². The third-order valence-electron chi connectivity index (χ3n) is 2.83. The van der Waals surface area contributed by atoms with Gasteiger partial charge in [-0.1, -0.05) is 18.5 Å². The summed E-state index contributed by atoms with van der Waals surface area (Å²) in [7, 11) is 0. The number of carbonyl (C=O) groups is 2. The average Bonchev–Trinajstić information content (AvgIpc) is 2.41. The van der Waals surface area contributed by atoms with Gasteiger partial charge < -0.3 is 10.6 Å². The van der Waals surface area contributed by atoms with E-state index in [2.05, 4.69) is 10.6 Å². The van der Waals surface area contributed by atoms with Crippen LogP contribution in [-0.2, 0) is 9.59 Å². The minimum absolute atomic E-state index is 0.00598. The molecule has 0 unspecified atom stereocenters. The maximum atomic E-state index is 13.6. The van der Waals surface area contributed by atoms with Crippen LogP contribution in [0, 0.1) is 5.82 Å². The summed E-state index contributed by atoms with van der Waals surface area (Å²) in [6, 6.07) is 3.98. The van der Waals surface area contributed by atoms with E-state index in [9.17, 15) is 14.0 Å². The predicted molar refractivity (Wildman–Crippen MR) is 85.4 cm³/mol. The molecule has 2 N–H and O–H groups in total. The molecule has 0 aliphatic carbocycles. The Morgan fingerprint density at radius 2 is 1.91 bits per heavy atom. The Balaban J connectivity index is 2.58. The van der Waals surface area contributed by atoms with Crippen LogP contribution >= 0.6 is 11.6 Å². The van der Waals surface area contributed by atoms with Crippen molar-refractivity contribution in [1.82, 2.24) is 10.2 Å². The normalized spacial score (nSPS) is 10.9. The summed E-state index contributed by atoms with van der Waals surface area (Å²) in [4.78, 5) is 25.3. The summed E-state index contributed by atoms with van der Waals surface area (Å²) in [5, 5.41) is 5.55. The molecule has 22 heavy (non-hydrogen) atoms. The topological polar surface area (TPSA) is 61.4 Å². The Bertz CT molecular complexity index is 538. The highest BCUT2D eigenvalue weighted by molar-refractivity contribution is 6.30. The van der Waals surface area contributed by atoms with Crippen molar-refractivity contribution < 1.29 is 14.0 Å². The number of rotatable bonds is 7. The van der Waals surface area contributed by atoms with Gasteiger partial charge in [0.1, 0.15) is 5.82 Å². The van der Waals surface area contributed by atoms with Crippen LogP contribution in [0.1, 0.15) is 20.8 Å². The molecule has 0 aliphatic heterocycles. The van der Waals surface area contributed by atoms with Gasteiger partial charge in [0.15, 0.2) is 0 Å². The predicted octanol–water partition coefficient (Wildman–Crippen LogP) is 2.26. The molecule has 0 fully saturated rings. The summed E-state index contributed by atoms with van der Waals surface area (Å²) >= 11 is 5.77. The first-order chi connectivity index (χ1) is 10.3. The van der Waals surface area contributed by atoms with E-state index in [0.717, 1.165) is 0 Å². The number of amides is 2. The highest BCUT2D eigenvalue weighted by atomic mass is 35.5. The van der Waals surface area contributed by atoms with Crippen LogP contribution in [0.5, 0.6) is 0 Å². The molecule has 0 atom stereocenters. The van der Waals surface area contributed by atoms with Gasteiger partial charge in [0.05, 0.1) is 18.8 Å². The Morgan fingerprint density at radius 1 is 1.27 bits per heavy atom. The first kappa shape index (κ1) is 18.4. The highest BCUT2D eigenvalue weighted by Crippen LogP contribution is 2.19. The van der Waals surface area contributed by atoms with Crippen LogP contribution < -0.4 is 10.6 Å². The molecule has 0 heterocycles. The molecule has 0 aliphatic rings. The van der Waals surface area contributed by atoms with Crippen molar-refractivity contribution in [3.63, 3.8) is 0 Å². The minimum atomic E-state index is -0.557. The van der Waals surface area contributed by atoms with E-state index in [-0.39, 0.29) is 30.7 Å². The fourth-order valence-corrected chi connectivity index (χ4v) is 2.01. The molecule has 0 spiro atoms. The summed E-state index contributed by atoms with van der Waals surface area (Å²) in [5.74, 6) is -1.11. The number of likely N-dealkylation sites (N-methyl/N-ethyl adjacent to an activating group) is 1. The molecule has 0 radical (unpaired) electrons. The van der Waals surface area contributed by atoms with Crippen LogP contribution in [0.4, 0.5) is 10.1 Å². The summed E-state index contributed by atoms with van der Waals surface area (Å²) in [6.07, 6.45) is 0. The number of anilines is 1. The quantitative estimate of drug-likeness (QED) is 0.806. The van der Waals surface area contributed by atoms with Crippen LogP contribution in [0.25, 0.3) is 0 Å². The lowest BCUT2D eigenvalue weighted by molar-refractivity contribution is -0.123. The van der Waals surface area contributed by atoms with Gasteiger partial charge in [-0.15, -0.1) is 0 Å². The number of nitrogens with one attached hydrogen (secondary N) is 2. The zero-order chi connectivity index (χ0) is 16.7. The summed E-state index contributed by atoms with van der Waals surface area (Å²) in [5.41, 5.74) is 0.0279. The highest BCUT2D eigenvalue weighted by Gasteiger charge is 2.15. The van der Waals surface area contributed by atoms with Gasteiger partial charge in [-0.2, -0.15) is 0 Å². The second-order valence-corrected chi connectivity index (χ2v) is 5.63. The molecule has 1 aromatic carbocycles. The minimum Gasteiger partial charge on any atom is -0.353 e. The van der Waals surface area contributed by atoms with E-state index in [4.69, 9.17) is 11.6 Å². The van der Waals surface area contributed by atoms with E-state index >= 15 is 0 Å². The van der Waals surface area contributed by atoms with E-state index < -0.39 is 11.7 Å². The SMILES string of the molecule is CCN(CC(=O)Nc1cc(Cl)ccc1F)CC(=O)NC(C)C. The van der Waals surface area contributed by atoms with Crippen LogP contribution in [0.3, 0.4) is 0 Å². The lowest BCUT2D eigenvalue weighted by atomic mass is 10.3. The lowest BCUT2D eigenvalue weighted by Crippen LogP contribution is -2.42. The number of nitrogens with zero attached hydrogens (tertiary/aromatic N) is 1. The monoisotopic (exact) mass is 329 g/mol. The number of halogens is 2. The van der Waals surface area contributed by atoms with E-state index in [1.165, 1.54) is 18.2 Å². The van der Waals surface area contributed by atoms with E-state index in [1.54, 1.807) is 4.90 Å². The molecule has 1 rings (SSSR count). The third kappa shape index (κ3) is 6.41. The molecule has 1 aromatic rings. The first-order valence-electron chi connectivity index (χ1n) is 7.08. The maximum Gasteiger partial charge on any atom is 0.238 e. The standard InChI is InChI=1S/C15H21ClFN3O2/c1-4-20(8-14(21)18-10(2)3)9-15(22)19-13-7-11(16)5-6-12(13)17/h5-7,10H,4,8-9H2,1-3H3,(H,18,21)(H,19,22). The Morgan fingerprint density at radius 3 is 2.50 bits per heavy atom. The summed E-state index contributed by atoms with van der Waals surface area (Å²) in [6.45, 7) is 6.20. The van der Waals surface area contributed by atoms with E-state index in [1.807, 2.05) is 20.8 Å². The van der Waals surface area contributed by atoms with Gasteiger partial charge in [-0.25, -0.2) is 4.39 Å². The second kappa shape index (κ2) is 8.70. The molecule has 0 bridgehead atoms. The largest absolute Gasteiger partial charge is 0.353 e. The Labute approximate surface area is 134 Å². The third-order valence-corrected chi connectivity index (χ3v) is 3.07. The Hall–Kier alpha value is -1.66. The van der Waals surface area contributed by atoms with Crippen LogP contribution in [0.15, 0.2) is 18.2 Å². The number of hydrogen-bond acceptors (Lipinski definition) is 3. The maximum absolute atomic E-state index is 13.6. The lowest BCUT2D eigenvalue weighted by Gasteiger charge is -2.20. The zero-order valence-corrected chi connectivity index (χ0v) is 13.7. The molecule has 0 aromatic heterocycles. The molecular formula is C15H21ClFN3O2. The van der Waals surface area contributed by atoms with Crippen molar-refractivity contribution >= 4 is 29.1 Å². The summed E-state index contributed by atoms with van der Waals surface area (Å²) < 4.78 is 13.6. The molecule has 0 saturated carbocycles.